The number of benzene rings is 1. The highest BCUT2D eigenvalue weighted by atomic mass is 35.5. The van der Waals surface area contributed by atoms with Gasteiger partial charge >= 0.3 is 0 Å². The van der Waals surface area contributed by atoms with E-state index >= 15 is 0 Å². The van der Waals surface area contributed by atoms with Gasteiger partial charge in [-0.1, -0.05) is 11.6 Å². The zero-order valence-corrected chi connectivity index (χ0v) is 12.6. The molecule has 0 saturated heterocycles. The van der Waals surface area contributed by atoms with Crippen LogP contribution < -0.4 is 10.5 Å². The highest BCUT2D eigenvalue weighted by Gasteiger charge is 2.06. The standard InChI is InChI=1S/C14H17ClN2OS/c1-9-7-11(15)3-4-12(9)18-6-5-14-17-10(2)13(8-16)19-14/h3-4,7H,5-6,8,16H2,1-2H3. The minimum absolute atomic E-state index is 0.556. The number of nitrogens with two attached hydrogens (primary N) is 1. The first kappa shape index (κ1) is 14.3. The first-order chi connectivity index (χ1) is 9.10. The Morgan fingerprint density at radius 2 is 2.16 bits per heavy atom. The van der Waals surface area contributed by atoms with Crippen molar-refractivity contribution in [2.75, 3.05) is 6.61 Å². The van der Waals surface area contributed by atoms with Crippen LogP contribution in [0.1, 0.15) is 21.1 Å². The van der Waals surface area contributed by atoms with E-state index in [4.69, 9.17) is 22.1 Å². The van der Waals surface area contributed by atoms with Crippen molar-refractivity contribution in [2.45, 2.75) is 26.8 Å². The predicted octanol–water partition coefficient (Wildman–Crippen LogP) is 3.49. The third kappa shape index (κ3) is 3.69. The molecule has 1 aromatic heterocycles. The number of thiazole rings is 1. The lowest BCUT2D eigenvalue weighted by molar-refractivity contribution is 0.319. The lowest BCUT2D eigenvalue weighted by atomic mass is 10.2. The molecule has 0 radical (unpaired) electrons. The van der Waals surface area contributed by atoms with Crippen LogP contribution >= 0.6 is 22.9 Å². The molecule has 1 aromatic carbocycles. The van der Waals surface area contributed by atoms with Crippen LogP contribution in [0.15, 0.2) is 18.2 Å². The van der Waals surface area contributed by atoms with Crippen molar-refractivity contribution in [3.05, 3.63) is 44.4 Å². The number of aromatic nitrogens is 1. The summed E-state index contributed by atoms with van der Waals surface area (Å²) in [5.74, 6) is 0.872. The molecule has 2 aromatic rings. The lowest BCUT2D eigenvalue weighted by Gasteiger charge is -2.08. The number of rotatable bonds is 5. The molecule has 0 amide bonds. The van der Waals surface area contributed by atoms with Gasteiger partial charge in [0.05, 0.1) is 17.3 Å². The molecule has 0 bridgehead atoms. The molecular weight excluding hydrogens is 280 g/mol. The van der Waals surface area contributed by atoms with Gasteiger partial charge in [-0.3, -0.25) is 0 Å². The number of nitrogens with zero attached hydrogens (tertiary/aromatic N) is 1. The van der Waals surface area contributed by atoms with Gasteiger partial charge in [0.1, 0.15) is 5.75 Å². The highest BCUT2D eigenvalue weighted by molar-refractivity contribution is 7.11. The molecule has 19 heavy (non-hydrogen) atoms. The molecule has 3 nitrogen and oxygen atoms in total. The summed E-state index contributed by atoms with van der Waals surface area (Å²) >= 11 is 7.57. The van der Waals surface area contributed by atoms with Crippen LogP contribution in [0.4, 0.5) is 0 Å². The van der Waals surface area contributed by atoms with E-state index in [9.17, 15) is 0 Å². The van der Waals surface area contributed by atoms with Crippen LogP contribution in [-0.4, -0.2) is 11.6 Å². The second-order valence-electron chi connectivity index (χ2n) is 4.33. The van der Waals surface area contributed by atoms with Crippen molar-refractivity contribution in [1.29, 1.82) is 0 Å². The van der Waals surface area contributed by atoms with E-state index in [2.05, 4.69) is 4.98 Å². The summed E-state index contributed by atoms with van der Waals surface area (Å²) in [6.07, 6.45) is 0.799. The molecule has 0 unspecified atom stereocenters. The summed E-state index contributed by atoms with van der Waals surface area (Å²) in [5, 5.41) is 1.80. The Morgan fingerprint density at radius 1 is 1.37 bits per heavy atom. The monoisotopic (exact) mass is 296 g/mol. The third-order valence-electron chi connectivity index (χ3n) is 2.83. The van der Waals surface area contributed by atoms with E-state index in [1.165, 1.54) is 0 Å². The van der Waals surface area contributed by atoms with Gasteiger partial charge in [-0.15, -0.1) is 11.3 Å². The molecule has 102 valence electrons. The zero-order chi connectivity index (χ0) is 13.8. The molecule has 1 heterocycles. The van der Waals surface area contributed by atoms with Crippen LogP contribution in [0, 0.1) is 13.8 Å². The van der Waals surface area contributed by atoms with E-state index in [1.54, 1.807) is 11.3 Å². The van der Waals surface area contributed by atoms with Gasteiger partial charge < -0.3 is 10.5 Å². The molecule has 0 aliphatic carbocycles. The Morgan fingerprint density at radius 3 is 2.79 bits per heavy atom. The van der Waals surface area contributed by atoms with Crippen molar-refractivity contribution < 1.29 is 4.74 Å². The van der Waals surface area contributed by atoms with Gasteiger partial charge in [-0.05, 0) is 37.6 Å². The van der Waals surface area contributed by atoms with Gasteiger partial charge in [0.25, 0.3) is 0 Å². The molecule has 2 N–H and O–H groups in total. The van der Waals surface area contributed by atoms with Gasteiger partial charge in [-0.25, -0.2) is 4.98 Å². The Kier molecular flexibility index (Phi) is 4.80. The lowest BCUT2D eigenvalue weighted by Crippen LogP contribution is -2.02. The number of hydrogen-bond acceptors (Lipinski definition) is 4. The first-order valence-corrected chi connectivity index (χ1v) is 7.34. The molecule has 2 rings (SSSR count). The maximum atomic E-state index is 5.91. The van der Waals surface area contributed by atoms with E-state index in [0.717, 1.165) is 38.3 Å². The van der Waals surface area contributed by atoms with Crippen molar-refractivity contribution in [3.8, 4) is 5.75 Å². The maximum absolute atomic E-state index is 5.91. The average Bonchev–Trinajstić information content (AvgIpc) is 2.72. The van der Waals surface area contributed by atoms with Crippen LogP contribution in [0.2, 0.25) is 5.02 Å². The zero-order valence-electron chi connectivity index (χ0n) is 11.1. The smallest absolute Gasteiger partial charge is 0.122 e. The Hall–Kier alpha value is -1.10. The van der Waals surface area contributed by atoms with Crippen LogP contribution in [0.3, 0.4) is 0 Å². The average molecular weight is 297 g/mol. The Balaban J connectivity index is 1.92. The normalized spacial score (nSPS) is 10.7. The molecule has 0 spiro atoms. The Bertz CT molecular complexity index is 569. The minimum atomic E-state index is 0.556. The first-order valence-electron chi connectivity index (χ1n) is 6.14. The molecule has 0 atom stereocenters. The fraction of sp³-hybridized carbons (Fsp3) is 0.357. The molecule has 0 saturated carbocycles. The predicted molar refractivity (Wildman–Crippen MR) is 80.1 cm³/mol. The second kappa shape index (κ2) is 6.37. The SMILES string of the molecule is Cc1cc(Cl)ccc1OCCc1nc(C)c(CN)s1. The Labute approximate surface area is 122 Å². The molecular formula is C14H17ClN2OS. The summed E-state index contributed by atoms with van der Waals surface area (Å²) in [7, 11) is 0. The summed E-state index contributed by atoms with van der Waals surface area (Å²) in [6, 6.07) is 5.64. The minimum Gasteiger partial charge on any atom is -0.493 e. The van der Waals surface area contributed by atoms with Crippen molar-refractivity contribution in [2.24, 2.45) is 5.73 Å². The van der Waals surface area contributed by atoms with Gasteiger partial charge in [-0.2, -0.15) is 0 Å². The second-order valence-corrected chi connectivity index (χ2v) is 5.93. The van der Waals surface area contributed by atoms with Gasteiger partial charge in [0.15, 0.2) is 0 Å². The van der Waals surface area contributed by atoms with E-state index in [-0.39, 0.29) is 0 Å². The largest absolute Gasteiger partial charge is 0.493 e. The number of hydrogen-bond donors (Lipinski definition) is 1. The maximum Gasteiger partial charge on any atom is 0.122 e. The topological polar surface area (TPSA) is 48.1 Å². The van der Waals surface area contributed by atoms with Crippen molar-refractivity contribution in [1.82, 2.24) is 4.98 Å². The molecule has 5 heteroatoms. The quantitative estimate of drug-likeness (QED) is 0.919. The molecule has 0 fully saturated rings. The highest BCUT2D eigenvalue weighted by Crippen LogP contribution is 2.22. The van der Waals surface area contributed by atoms with E-state index in [1.807, 2.05) is 32.0 Å². The fourth-order valence-electron chi connectivity index (χ4n) is 1.81. The number of aryl methyl sites for hydroxylation is 2. The summed E-state index contributed by atoms with van der Waals surface area (Å²) in [4.78, 5) is 5.64. The fourth-order valence-corrected chi connectivity index (χ4v) is 2.96. The van der Waals surface area contributed by atoms with Crippen LogP contribution in [-0.2, 0) is 13.0 Å². The van der Waals surface area contributed by atoms with Gasteiger partial charge in [0.2, 0.25) is 0 Å². The van der Waals surface area contributed by atoms with Crippen molar-refractivity contribution >= 4 is 22.9 Å². The summed E-state index contributed by atoms with van der Waals surface area (Å²) in [5.41, 5.74) is 7.72. The number of halogens is 1. The van der Waals surface area contributed by atoms with Crippen LogP contribution in [0.25, 0.3) is 0 Å². The van der Waals surface area contributed by atoms with Crippen molar-refractivity contribution in [3.63, 3.8) is 0 Å². The van der Waals surface area contributed by atoms with E-state index < -0.39 is 0 Å². The number of ether oxygens (including phenoxy) is 1. The van der Waals surface area contributed by atoms with Gasteiger partial charge in [0, 0.05) is 22.9 Å². The van der Waals surface area contributed by atoms with E-state index in [0.29, 0.717) is 13.2 Å². The molecule has 0 aliphatic rings. The van der Waals surface area contributed by atoms with Crippen LogP contribution in [0.5, 0.6) is 5.75 Å². The summed E-state index contributed by atoms with van der Waals surface area (Å²) < 4.78 is 5.76. The molecule has 0 aliphatic heterocycles. The summed E-state index contributed by atoms with van der Waals surface area (Å²) in [6.45, 7) is 5.15. The third-order valence-corrected chi connectivity index (χ3v) is 4.31.